The summed E-state index contributed by atoms with van der Waals surface area (Å²) < 4.78 is 24.0. The number of anilines is 1. The van der Waals surface area contributed by atoms with Gasteiger partial charge in [0.05, 0.1) is 25.4 Å². The van der Waals surface area contributed by atoms with Crippen molar-refractivity contribution < 1.29 is 28.2 Å². The zero-order chi connectivity index (χ0) is 26.4. The van der Waals surface area contributed by atoms with Gasteiger partial charge >= 0.3 is 12.2 Å². The third kappa shape index (κ3) is 5.11. The molecule has 9 heteroatoms. The smallest absolute Gasteiger partial charge is 0.430 e. The normalized spacial score (nSPS) is 16.2. The fourth-order valence-corrected chi connectivity index (χ4v) is 4.53. The van der Waals surface area contributed by atoms with Gasteiger partial charge in [0.2, 0.25) is 0 Å². The summed E-state index contributed by atoms with van der Waals surface area (Å²) in [4.78, 5) is 42.0. The van der Waals surface area contributed by atoms with Crippen LogP contribution in [-0.4, -0.2) is 36.3 Å². The second kappa shape index (κ2) is 11.1. The lowest BCUT2D eigenvalue weighted by Crippen LogP contribution is -2.63. The van der Waals surface area contributed by atoms with Gasteiger partial charge in [0.1, 0.15) is 5.82 Å². The van der Waals surface area contributed by atoms with Gasteiger partial charge in [-0.25, -0.2) is 19.4 Å². The van der Waals surface area contributed by atoms with Crippen molar-refractivity contribution in [3.05, 3.63) is 101 Å². The van der Waals surface area contributed by atoms with Crippen LogP contribution in [0.5, 0.6) is 0 Å². The number of hydrazine groups is 1. The van der Waals surface area contributed by atoms with Crippen molar-refractivity contribution in [2.45, 2.75) is 32.4 Å². The lowest BCUT2D eigenvalue weighted by Gasteiger charge is -2.38. The third-order valence-electron chi connectivity index (χ3n) is 6.11. The fraction of sp³-hybridized carbons (Fsp3) is 0.250. The van der Waals surface area contributed by atoms with Crippen molar-refractivity contribution in [2.24, 2.45) is 0 Å². The van der Waals surface area contributed by atoms with Crippen LogP contribution in [-0.2, 0) is 32.8 Å². The molecule has 3 aromatic carbocycles. The third-order valence-corrected chi connectivity index (χ3v) is 6.11. The minimum Gasteiger partial charge on any atom is -0.449 e. The zero-order valence-electron chi connectivity index (χ0n) is 20.6. The maximum absolute atomic E-state index is 14.5. The summed E-state index contributed by atoms with van der Waals surface area (Å²) in [7, 11) is 0. The molecule has 0 radical (unpaired) electrons. The number of nitrogens with zero attached hydrogens (tertiary/aromatic N) is 2. The van der Waals surface area contributed by atoms with Gasteiger partial charge in [0.25, 0.3) is 5.91 Å². The van der Waals surface area contributed by atoms with Crippen LogP contribution >= 0.6 is 0 Å². The summed E-state index contributed by atoms with van der Waals surface area (Å²) in [5, 5.41) is 0.907. The highest BCUT2D eigenvalue weighted by Crippen LogP contribution is 2.46. The number of amides is 3. The van der Waals surface area contributed by atoms with Gasteiger partial charge < -0.3 is 14.4 Å². The number of para-hydroxylation sites is 1. The van der Waals surface area contributed by atoms with Crippen LogP contribution in [0, 0.1) is 5.82 Å². The molecule has 1 aliphatic heterocycles. The van der Waals surface area contributed by atoms with Crippen LogP contribution in [0.2, 0.25) is 0 Å². The first-order valence-electron chi connectivity index (χ1n) is 12.0. The molecule has 0 fully saturated rings. The van der Waals surface area contributed by atoms with Gasteiger partial charge in [-0.3, -0.25) is 4.79 Å². The molecule has 0 spiro atoms. The monoisotopic (exact) mass is 505 g/mol. The number of fused-ring (bicyclic) bond motifs is 1. The van der Waals surface area contributed by atoms with E-state index in [4.69, 9.17) is 9.47 Å². The molecule has 1 heterocycles. The maximum Gasteiger partial charge on any atom is 0.430 e. The minimum absolute atomic E-state index is 0.00995. The quantitative estimate of drug-likeness (QED) is 0.460. The van der Waals surface area contributed by atoms with E-state index in [1.165, 1.54) is 12.1 Å². The van der Waals surface area contributed by atoms with Crippen molar-refractivity contribution in [3.63, 3.8) is 0 Å². The number of nitrogens with one attached hydrogen (secondary N) is 1. The average Bonchev–Trinajstić information content (AvgIpc) is 3.13. The highest BCUT2D eigenvalue weighted by Gasteiger charge is 2.58. The molecule has 0 aliphatic carbocycles. The summed E-state index contributed by atoms with van der Waals surface area (Å²) in [6, 6.07) is 22.2. The molecule has 3 aromatic rings. The molecule has 192 valence electrons. The first-order chi connectivity index (χ1) is 17.9. The molecule has 8 nitrogen and oxygen atoms in total. The van der Waals surface area contributed by atoms with Crippen molar-refractivity contribution in [3.8, 4) is 0 Å². The predicted octanol–water partition coefficient (Wildman–Crippen LogP) is 4.93. The van der Waals surface area contributed by atoms with Crippen molar-refractivity contribution in [1.29, 1.82) is 0 Å². The summed E-state index contributed by atoms with van der Waals surface area (Å²) in [6.45, 7) is 3.55. The molecule has 0 unspecified atom stereocenters. The van der Waals surface area contributed by atoms with E-state index in [-0.39, 0.29) is 26.2 Å². The summed E-state index contributed by atoms with van der Waals surface area (Å²) in [6.07, 6.45) is -1.90. The zero-order valence-corrected chi connectivity index (χ0v) is 20.6. The lowest BCUT2D eigenvalue weighted by atomic mass is 9.84. The number of carbonyl (C=O) groups excluding carboxylic acids is 3. The Labute approximate surface area is 214 Å². The van der Waals surface area contributed by atoms with Crippen LogP contribution in [0.15, 0.2) is 78.9 Å². The van der Waals surface area contributed by atoms with E-state index < -0.39 is 29.4 Å². The minimum atomic E-state index is -1.73. The molecule has 0 aromatic heterocycles. The largest absolute Gasteiger partial charge is 0.449 e. The van der Waals surface area contributed by atoms with Crippen LogP contribution in [0.4, 0.5) is 19.7 Å². The van der Waals surface area contributed by atoms with Crippen molar-refractivity contribution >= 4 is 23.8 Å². The molecule has 4 rings (SSSR count). The molecule has 37 heavy (non-hydrogen) atoms. The van der Waals surface area contributed by atoms with E-state index in [0.29, 0.717) is 16.8 Å². The standard InChI is InChI=1S/C28H28FN3O5/c1-3-36-26(34)30-32(27(35)37-4-2)28(18-20-14-16-22(29)17-15-20)23-12-8-9-13-24(23)31(25(28)33)19-21-10-6-5-7-11-21/h5-17H,3-4,18-19H2,1-2H3,(H,30,34)/t28-/m0/s1. The first-order valence-corrected chi connectivity index (χ1v) is 12.0. The van der Waals surface area contributed by atoms with E-state index >= 15 is 0 Å². The number of hydrogen-bond donors (Lipinski definition) is 1. The van der Waals surface area contributed by atoms with Crippen LogP contribution in [0.25, 0.3) is 0 Å². The van der Waals surface area contributed by atoms with E-state index in [1.54, 1.807) is 55.1 Å². The Morgan fingerprint density at radius 2 is 1.54 bits per heavy atom. The molecule has 1 atom stereocenters. The van der Waals surface area contributed by atoms with E-state index in [0.717, 1.165) is 10.6 Å². The number of hydrogen-bond acceptors (Lipinski definition) is 5. The molecule has 3 amide bonds. The number of carbonyl (C=O) groups is 3. The Morgan fingerprint density at radius 3 is 2.22 bits per heavy atom. The maximum atomic E-state index is 14.5. The Morgan fingerprint density at radius 1 is 0.892 bits per heavy atom. The predicted molar refractivity (Wildman–Crippen MR) is 135 cm³/mol. The van der Waals surface area contributed by atoms with Crippen LogP contribution < -0.4 is 10.3 Å². The molecule has 0 saturated carbocycles. The number of ether oxygens (including phenoxy) is 2. The van der Waals surface area contributed by atoms with Gasteiger partial charge in [-0.05, 0) is 43.2 Å². The van der Waals surface area contributed by atoms with Gasteiger partial charge in [-0.2, -0.15) is 5.01 Å². The number of rotatable bonds is 7. The van der Waals surface area contributed by atoms with Crippen LogP contribution in [0.1, 0.15) is 30.5 Å². The molecular weight excluding hydrogens is 477 g/mol. The van der Waals surface area contributed by atoms with E-state index in [1.807, 2.05) is 30.3 Å². The highest BCUT2D eigenvalue weighted by molar-refractivity contribution is 6.09. The van der Waals surface area contributed by atoms with E-state index in [2.05, 4.69) is 5.43 Å². The Balaban J connectivity index is 1.90. The van der Waals surface area contributed by atoms with Crippen molar-refractivity contribution in [1.82, 2.24) is 10.4 Å². The van der Waals surface area contributed by atoms with Gasteiger partial charge in [-0.15, -0.1) is 0 Å². The Kier molecular flexibility index (Phi) is 7.71. The Bertz CT molecular complexity index is 1270. The molecule has 0 saturated heterocycles. The summed E-state index contributed by atoms with van der Waals surface area (Å²) in [5.74, 6) is -0.889. The Hall–Kier alpha value is -4.40. The first kappa shape index (κ1) is 25.7. The fourth-order valence-electron chi connectivity index (χ4n) is 4.53. The van der Waals surface area contributed by atoms with E-state index in [9.17, 15) is 18.8 Å². The van der Waals surface area contributed by atoms with Gasteiger partial charge in [0.15, 0.2) is 5.54 Å². The topological polar surface area (TPSA) is 88.2 Å². The molecule has 0 bridgehead atoms. The average molecular weight is 506 g/mol. The second-order valence-corrected chi connectivity index (χ2v) is 8.42. The number of halogens is 1. The molecule has 1 aliphatic rings. The molecule has 1 N–H and O–H groups in total. The summed E-state index contributed by atoms with van der Waals surface area (Å²) in [5.41, 5.74) is 3.24. The summed E-state index contributed by atoms with van der Waals surface area (Å²) >= 11 is 0. The SMILES string of the molecule is CCOC(=O)NN(C(=O)OCC)[C@]1(Cc2ccc(F)cc2)C(=O)N(Cc2ccccc2)c2ccccc21. The number of benzene rings is 3. The highest BCUT2D eigenvalue weighted by atomic mass is 19.1. The lowest BCUT2D eigenvalue weighted by molar-refractivity contribution is -0.131. The van der Waals surface area contributed by atoms with Gasteiger partial charge in [-0.1, -0.05) is 60.7 Å². The van der Waals surface area contributed by atoms with Crippen molar-refractivity contribution in [2.75, 3.05) is 18.1 Å². The van der Waals surface area contributed by atoms with Gasteiger partial charge in [0, 0.05) is 12.0 Å². The van der Waals surface area contributed by atoms with Crippen LogP contribution in [0.3, 0.4) is 0 Å². The molecular formula is C28H28FN3O5. The second-order valence-electron chi connectivity index (χ2n) is 8.42.